The first-order valence-corrected chi connectivity index (χ1v) is 8.99. The third-order valence-electron chi connectivity index (χ3n) is 4.20. The molecule has 2 amide bonds. The van der Waals surface area contributed by atoms with E-state index >= 15 is 0 Å². The molecule has 3 heterocycles. The van der Waals surface area contributed by atoms with Gasteiger partial charge in [0.25, 0.3) is 0 Å². The fourth-order valence-electron chi connectivity index (χ4n) is 2.97. The minimum Gasteiger partial charge on any atom is -0.320 e. The Morgan fingerprint density at radius 3 is 3.08 bits per heavy atom. The molecule has 1 unspecified atom stereocenters. The fraction of sp³-hybridized carbons (Fsp3) is 0.235. The number of hydrogen-bond donors (Lipinski definition) is 1. The first kappa shape index (κ1) is 15.4. The Morgan fingerprint density at radius 1 is 1.38 bits per heavy atom. The molecule has 1 aromatic heterocycles. The standard InChI is InChI=1S/C17H15ClN4OS/c18-12-2-1-3-13(8-12)19-17(23)22-6-4-15-14(9-22)16(21-20-15)11-5-7-24-10-11/h1-3,5,7-8,10,16H,4,6,9H2,(H,19,23). The Labute approximate surface area is 148 Å². The maximum atomic E-state index is 12.6. The first-order valence-electron chi connectivity index (χ1n) is 7.67. The monoisotopic (exact) mass is 358 g/mol. The van der Waals surface area contributed by atoms with Crippen LogP contribution in [0.3, 0.4) is 0 Å². The van der Waals surface area contributed by atoms with Gasteiger partial charge in [-0.15, -0.1) is 0 Å². The van der Waals surface area contributed by atoms with E-state index in [-0.39, 0.29) is 12.1 Å². The average molecular weight is 359 g/mol. The van der Waals surface area contributed by atoms with Crippen LogP contribution >= 0.6 is 22.9 Å². The van der Waals surface area contributed by atoms with Gasteiger partial charge in [0, 0.05) is 35.8 Å². The number of nitrogens with zero attached hydrogens (tertiary/aromatic N) is 3. The van der Waals surface area contributed by atoms with E-state index in [0.717, 1.165) is 23.3 Å². The SMILES string of the molecule is O=C(Nc1cccc(Cl)c1)N1CCC2=C(C1)C(c1ccsc1)N=N2. The van der Waals surface area contributed by atoms with Gasteiger partial charge in [-0.05, 0) is 40.6 Å². The Morgan fingerprint density at radius 2 is 2.29 bits per heavy atom. The number of anilines is 1. The fourth-order valence-corrected chi connectivity index (χ4v) is 3.84. The molecule has 1 N–H and O–H groups in total. The molecule has 4 rings (SSSR count). The molecule has 0 radical (unpaired) electrons. The second-order valence-electron chi connectivity index (χ2n) is 5.76. The number of benzene rings is 1. The number of rotatable bonds is 2. The number of carbonyl (C=O) groups excluding carboxylic acids is 1. The highest BCUT2D eigenvalue weighted by molar-refractivity contribution is 7.08. The van der Waals surface area contributed by atoms with E-state index in [1.165, 1.54) is 0 Å². The number of urea groups is 1. The highest BCUT2D eigenvalue weighted by atomic mass is 35.5. The molecular weight excluding hydrogens is 344 g/mol. The Kier molecular flexibility index (Phi) is 4.08. The largest absolute Gasteiger partial charge is 0.322 e. The number of amides is 2. The van der Waals surface area contributed by atoms with Crippen LogP contribution in [0, 0.1) is 0 Å². The van der Waals surface area contributed by atoms with Crippen molar-refractivity contribution in [3.8, 4) is 0 Å². The molecule has 7 heteroatoms. The minimum atomic E-state index is -0.125. The van der Waals surface area contributed by atoms with E-state index in [9.17, 15) is 4.79 Å². The lowest BCUT2D eigenvalue weighted by molar-refractivity contribution is 0.213. The van der Waals surface area contributed by atoms with Crippen LogP contribution in [0.2, 0.25) is 5.02 Å². The van der Waals surface area contributed by atoms with Crippen LogP contribution in [0.1, 0.15) is 18.0 Å². The summed E-state index contributed by atoms with van der Waals surface area (Å²) in [7, 11) is 0. The van der Waals surface area contributed by atoms with Crippen molar-refractivity contribution in [2.45, 2.75) is 12.5 Å². The van der Waals surface area contributed by atoms with Gasteiger partial charge in [-0.1, -0.05) is 17.7 Å². The van der Waals surface area contributed by atoms with Crippen LogP contribution < -0.4 is 5.32 Å². The summed E-state index contributed by atoms with van der Waals surface area (Å²) in [5, 5.41) is 16.3. The van der Waals surface area contributed by atoms with Gasteiger partial charge >= 0.3 is 6.03 Å². The molecule has 0 fully saturated rings. The predicted molar refractivity (Wildman–Crippen MR) is 95.6 cm³/mol. The van der Waals surface area contributed by atoms with Gasteiger partial charge in [0.1, 0.15) is 6.04 Å². The second-order valence-corrected chi connectivity index (χ2v) is 6.98. The summed E-state index contributed by atoms with van der Waals surface area (Å²) in [6.07, 6.45) is 0.739. The van der Waals surface area contributed by atoms with Crippen molar-refractivity contribution in [2.24, 2.45) is 10.2 Å². The average Bonchev–Trinajstić information content (AvgIpc) is 3.23. The van der Waals surface area contributed by atoms with Gasteiger partial charge in [-0.3, -0.25) is 0 Å². The highest BCUT2D eigenvalue weighted by Gasteiger charge is 2.32. The zero-order valence-electron chi connectivity index (χ0n) is 12.8. The van der Waals surface area contributed by atoms with Crippen LogP contribution in [0.15, 0.2) is 62.6 Å². The number of carbonyl (C=O) groups is 1. The van der Waals surface area contributed by atoms with Gasteiger partial charge in [0.05, 0.1) is 5.70 Å². The molecule has 0 saturated carbocycles. The topological polar surface area (TPSA) is 57.1 Å². The number of azo groups is 1. The molecule has 0 bridgehead atoms. The Balaban J connectivity index is 1.48. The summed E-state index contributed by atoms with van der Waals surface area (Å²) in [4.78, 5) is 14.4. The lowest BCUT2D eigenvalue weighted by Gasteiger charge is -2.29. The van der Waals surface area contributed by atoms with Crippen LogP contribution in [0.25, 0.3) is 0 Å². The van der Waals surface area contributed by atoms with E-state index in [1.807, 2.05) is 17.5 Å². The maximum Gasteiger partial charge on any atom is 0.322 e. The van der Waals surface area contributed by atoms with Crippen molar-refractivity contribution in [1.82, 2.24) is 4.90 Å². The first-order chi connectivity index (χ1) is 11.7. The van der Waals surface area contributed by atoms with Crippen molar-refractivity contribution in [3.05, 3.63) is 62.9 Å². The van der Waals surface area contributed by atoms with Crippen LogP contribution in [0.4, 0.5) is 10.5 Å². The summed E-state index contributed by atoms with van der Waals surface area (Å²) < 4.78 is 0. The van der Waals surface area contributed by atoms with Crippen LogP contribution in [-0.2, 0) is 0 Å². The third kappa shape index (κ3) is 2.95. The van der Waals surface area contributed by atoms with E-state index in [4.69, 9.17) is 11.6 Å². The van der Waals surface area contributed by atoms with Gasteiger partial charge in [-0.2, -0.15) is 21.6 Å². The van der Waals surface area contributed by atoms with Crippen LogP contribution in [-0.4, -0.2) is 24.0 Å². The zero-order chi connectivity index (χ0) is 16.5. The smallest absolute Gasteiger partial charge is 0.320 e. The van der Waals surface area contributed by atoms with Crippen molar-refractivity contribution in [3.63, 3.8) is 0 Å². The van der Waals surface area contributed by atoms with E-state index < -0.39 is 0 Å². The minimum absolute atomic E-state index is 0.0481. The van der Waals surface area contributed by atoms with Crippen LogP contribution in [0.5, 0.6) is 0 Å². The molecule has 2 aromatic rings. The number of hydrogen-bond acceptors (Lipinski definition) is 4. The highest BCUT2D eigenvalue weighted by Crippen LogP contribution is 2.39. The molecule has 0 aliphatic carbocycles. The van der Waals surface area contributed by atoms with Crippen molar-refractivity contribution in [1.29, 1.82) is 0 Å². The number of halogens is 1. The summed E-state index contributed by atoms with van der Waals surface area (Å²) >= 11 is 7.61. The molecule has 0 spiro atoms. The molecule has 2 aliphatic heterocycles. The summed E-state index contributed by atoms with van der Waals surface area (Å²) in [5.41, 5.74) is 3.99. The number of thiophene rings is 1. The lowest BCUT2D eigenvalue weighted by Crippen LogP contribution is -2.40. The van der Waals surface area contributed by atoms with E-state index in [2.05, 4.69) is 27.0 Å². The normalized spacial score (nSPS) is 19.5. The molecule has 2 aliphatic rings. The second kappa shape index (κ2) is 6.37. The summed E-state index contributed by atoms with van der Waals surface area (Å²) in [6.45, 7) is 1.19. The van der Waals surface area contributed by atoms with E-state index in [1.54, 1.807) is 28.4 Å². The molecule has 1 atom stereocenters. The Bertz CT molecular complexity index is 831. The maximum absolute atomic E-state index is 12.6. The van der Waals surface area contributed by atoms with E-state index in [0.29, 0.717) is 23.8 Å². The molecular formula is C17H15ClN4OS. The summed E-state index contributed by atoms with van der Waals surface area (Å²) in [6, 6.07) is 9.05. The van der Waals surface area contributed by atoms with Gasteiger partial charge < -0.3 is 10.2 Å². The molecule has 122 valence electrons. The van der Waals surface area contributed by atoms with Crippen molar-refractivity contribution in [2.75, 3.05) is 18.4 Å². The quantitative estimate of drug-likeness (QED) is 0.797. The summed E-state index contributed by atoms with van der Waals surface area (Å²) in [5.74, 6) is 0. The number of nitrogens with one attached hydrogen (secondary N) is 1. The van der Waals surface area contributed by atoms with Gasteiger partial charge in [0.15, 0.2) is 0 Å². The van der Waals surface area contributed by atoms with Crippen molar-refractivity contribution < 1.29 is 4.79 Å². The van der Waals surface area contributed by atoms with Gasteiger partial charge in [0.2, 0.25) is 0 Å². The molecule has 0 saturated heterocycles. The molecule has 1 aromatic carbocycles. The van der Waals surface area contributed by atoms with Gasteiger partial charge in [-0.25, -0.2) is 4.79 Å². The molecule has 24 heavy (non-hydrogen) atoms. The lowest BCUT2D eigenvalue weighted by atomic mass is 9.97. The zero-order valence-corrected chi connectivity index (χ0v) is 14.3. The third-order valence-corrected chi connectivity index (χ3v) is 5.13. The van der Waals surface area contributed by atoms with Crippen molar-refractivity contribution >= 4 is 34.7 Å². The predicted octanol–water partition coefficient (Wildman–Crippen LogP) is 5.10. The Hall–Kier alpha value is -2.18. The molecule has 5 nitrogen and oxygen atoms in total.